The zero-order valence-electron chi connectivity index (χ0n) is 10.6. The van der Waals surface area contributed by atoms with Crippen molar-refractivity contribution in [3.8, 4) is 0 Å². The Labute approximate surface area is 111 Å². The number of carboxylic acids is 1. The zero-order valence-corrected chi connectivity index (χ0v) is 11.4. The van der Waals surface area contributed by atoms with E-state index in [9.17, 15) is 9.90 Å². The average molecular weight is 263 g/mol. The maximum atomic E-state index is 11.2. The van der Waals surface area contributed by atoms with Gasteiger partial charge in [-0.15, -0.1) is 11.8 Å². The van der Waals surface area contributed by atoms with E-state index in [0.29, 0.717) is 6.42 Å². The second-order valence-electron chi connectivity index (χ2n) is 4.38. The summed E-state index contributed by atoms with van der Waals surface area (Å²) >= 11 is 1.44. The Hall–Kier alpha value is -1.42. The van der Waals surface area contributed by atoms with E-state index in [0.717, 1.165) is 22.2 Å². The second-order valence-corrected chi connectivity index (χ2v) is 5.63. The number of carboxylic acid groups (broad SMARTS) is 1. The van der Waals surface area contributed by atoms with Crippen molar-refractivity contribution in [3.63, 3.8) is 0 Å². The third kappa shape index (κ3) is 2.53. The lowest BCUT2D eigenvalue weighted by Crippen LogP contribution is -2.15. The van der Waals surface area contributed by atoms with E-state index in [1.54, 1.807) is 0 Å². The number of nitrogens with one attached hydrogen (secondary N) is 1. The number of aromatic nitrogens is 1. The van der Waals surface area contributed by atoms with Gasteiger partial charge in [0.2, 0.25) is 0 Å². The first-order valence-electron chi connectivity index (χ1n) is 6.09. The van der Waals surface area contributed by atoms with Crippen molar-refractivity contribution in [2.75, 3.05) is 0 Å². The molecule has 2 aromatic rings. The van der Waals surface area contributed by atoms with Gasteiger partial charge < -0.3 is 10.1 Å². The van der Waals surface area contributed by atoms with Crippen molar-refractivity contribution in [2.45, 2.75) is 36.8 Å². The fourth-order valence-electron chi connectivity index (χ4n) is 2.07. The van der Waals surface area contributed by atoms with Crippen molar-refractivity contribution in [1.82, 2.24) is 4.98 Å². The monoisotopic (exact) mass is 263 g/mol. The van der Waals surface area contributed by atoms with Crippen LogP contribution in [0.1, 0.15) is 25.3 Å². The third-order valence-electron chi connectivity index (χ3n) is 2.97. The highest BCUT2D eigenvalue weighted by Gasteiger charge is 2.19. The lowest BCUT2D eigenvalue weighted by molar-refractivity contribution is -0.136. The van der Waals surface area contributed by atoms with Gasteiger partial charge in [0.1, 0.15) is 5.25 Å². The van der Waals surface area contributed by atoms with Crippen LogP contribution in [0, 0.1) is 6.92 Å². The maximum Gasteiger partial charge on any atom is 0.316 e. The number of aromatic amines is 1. The first-order chi connectivity index (χ1) is 8.63. The summed E-state index contributed by atoms with van der Waals surface area (Å²) in [6.45, 7) is 4.06. The Morgan fingerprint density at radius 2 is 2.28 bits per heavy atom. The smallest absolute Gasteiger partial charge is 0.316 e. The Morgan fingerprint density at radius 1 is 1.50 bits per heavy atom. The van der Waals surface area contributed by atoms with Crippen molar-refractivity contribution in [2.24, 2.45) is 0 Å². The van der Waals surface area contributed by atoms with Gasteiger partial charge in [0.05, 0.1) is 0 Å². The van der Waals surface area contributed by atoms with E-state index in [1.807, 2.05) is 25.3 Å². The highest BCUT2D eigenvalue weighted by Crippen LogP contribution is 2.34. The molecule has 0 saturated carbocycles. The number of thioether (sulfide) groups is 1. The summed E-state index contributed by atoms with van der Waals surface area (Å²) in [5, 5.41) is 9.99. The Balaban J connectivity index is 2.33. The zero-order chi connectivity index (χ0) is 13.1. The van der Waals surface area contributed by atoms with Crippen molar-refractivity contribution in [3.05, 3.63) is 30.0 Å². The molecule has 0 saturated heterocycles. The van der Waals surface area contributed by atoms with Crippen LogP contribution < -0.4 is 0 Å². The average Bonchev–Trinajstić information content (AvgIpc) is 2.73. The van der Waals surface area contributed by atoms with Crippen molar-refractivity contribution in [1.29, 1.82) is 0 Å². The van der Waals surface area contributed by atoms with Gasteiger partial charge in [0, 0.05) is 22.0 Å². The summed E-state index contributed by atoms with van der Waals surface area (Å²) in [6.07, 6.45) is 3.48. The minimum absolute atomic E-state index is 0.367. The SMILES string of the molecule is CCCC(Sc1c[nH]c2cccc(C)c12)C(=O)O. The summed E-state index contributed by atoms with van der Waals surface area (Å²) in [7, 11) is 0. The lowest BCUT2D eigenvalue weighted by atomic mass is 10.1. The van der Waals surface area contributed by atoms with Gasteiger partial charge in [-0.1, -0.05) is 25.5 Å². The molecule has 1 unspecified atom stereocenters. The van der Waals surface area contributed by atoms with E-state index in [2.05, 4.69) is 18.0 Å². The van der Waals surface area contributed by atoms with Crippen LogP contribution in [-0.4, -0.2) is 21.3 Å². The van der Waals surface area contributed by atoms with Gasteiger partial charge in [0.25, 0.3) is 0 Å². The summed E-state index contributed by atoms with van der Waals surface area (Å²) in [5.74, 6) is -0.732. The molecule has 0 aliphatic carbocycles. The van der Waals surface area contributed by atoms with Crippen LogP contribution >= 0.6 is 11.8 Å². The Bertz CT molecular complexity index is 562. The molecule has 2 N–H and O–H groups in total. The molecule has 2 rings (SSSR count). The summed E-state index contributed by atoms with van der Waals surface area (Å²) < 4.78 is 0. The predicted molar refractivity (Wildman–Crippen MR) is 75.2 cm³/mol. The number of hydrogen-bond acceptors (Lipinski definition) is 2. The molecule has 1 aromatic heterocycles. The highest BCUT2D eigenvalue weighted by molar-refractivity contribution is 8.00. The summed E-state index contributed by atoms with van der Waals surface area (Å²) in [4.78, 5) is 15.4. The topological polar surface area (TPSA) is 53.1 Å². The third-order valence-corrected chi connectivity index (χ3v) is 4.27. The van der Waals surface area contributed by atoms with Crippen molar-refractivity contribution < 1.29 is 9.90 Å². The molecule has 96 valence electrons. The Morgan fingerprint density at radius 3 is 2.94 bits per heavy atom. The van der Waals surface area contributed by atoms with Gasteiger partial charge in [-0.05, 0) is 25.0 Å². The molecule has 0 amide bonds. The molecular weight excluding hydrogens is 246 g/mol. The minimum atomic E-state index is -0.732. The number of fused-ring (bicyclic) bond motifs is 1. The van der Waals surface area contributed by atoms with Crippen LogP contribution in [-0.2, 0) is 4.79 Å². The summed E-state index contributed by atoms with van der Waals surface area (Å²) in [6, 6.07) is 6.07. The van der Waals surface area contributed by atoms with Crippen LogP contribution in [0.4, 0.5) is 0 Å². The standard InChI is InChI=1S/C14H17NO2S/c1-3-5-11(14(16)17)18-12-8-15-10-7-4-6-9(2)13(10)12/h4,6-8,11,15H,3,5H2,1-2H3,(H,16,17). The van der Waals surface area contributed by atoms with Crippen LogP contribution in [0.2, 0.25) is 0 Å². The fourth-order valence-corrected chi connectivity index (χ4v) is 3.35. The van der Waals surface area contributed by atoms with Gasteiger partial charge >= 0.3 is 5.97 Å². The van der Waals surface area contributed by atoms with E-state index in [-0.39, 0.29) is 5.25 Å². The molecule has 0 aliphatic rings. The second kappa shape index (κ2) is 5.48. The Kier molecular flexibility index (Phi) is 3.97. The van der Waals surface area contributed by atoms with Crippen LogP contribution in [0.3, 0.4) is 0 Å². The van der Waals surface area contributed by atoms with Crippen molar-refractivity contribution >= 4 is 28.6 Å². The van der Waals surface area contributed by atoms with E-state index in [4.69, 9.17) is 0 Å². The number of rotatable bonds is 5. The molecule has 0 spiro atoms. The lowest BCUT2D eigenvalue weighted by Gasteiger charge is -2.10. The molecule has 0 radical (unpaired) electrons. The molecule has 4 heteroatoms. The molecule has 1 aromatic carbocycles. The first kappa shape index (κ1) is 13.0. The van der Waals surface area contributed by atoms with E-state index >= 15 is 0 Å². The highest BCUT2D eigenvalue weighted by atomic mass is 32.2. The van der Waals surface area contributed by atoms with E-state index < -0.39 is 5.97 Å². The maximum absolute atomic E-state index is 11.2. The van der Waals surface area contributed by atoms with Crippen LogP contribution in [0.5, 0.6) is 0 Å². The van der Waals surface area contributed by atoms with E-state index in [1.165, 1.54) is 17.3 Å². The fraction of sp³-hybridized carbons (Fsp3) is 0.357. The van der Waals surface area contributed by atoms with Crippen LogP contribution in [0.15, 0.2) is 29.3 Å². The number of benzene rings is 1. The van der Waals surface area contributed by atoms with Gasteiger partial charge in [-0.2, -0.15) is 0 Å². The number of aliphatic carboxylic acids is 1. The number of hydrogen-bond donors (Lipinski definition) is 2. The quantitative estimate of drug-likeness (QED) is 0.806. The molecular formula is C14H17NO2S. The predicted octanol–water partition coefficient (Wildman–Crippen LogP) is 3.82. The van der Waals surface area contributed by atoms with Gasteiger partial charge in [-0.3, -0.25) is 4.79 Å². The normalized spacial score (nSPS) is 12.8. The number of H-pyrrole nitrogens is 1. The molecule has 0 bridgehead atoms. The largest absolute Gasteiger partial charge is 0.480 e. The first-order valence-corrected chi connectivity index (χ1v) is 6.97. The summed E-state index contributed by atoms with van der Waals surface area (Å²) in [5.41, 5.74) is 2.25. The molecule has 18 heavy (non-hydrogen) atoms. The van der Waals surface area contributed by atoms with Gasteiger partial charge in [-0.25, -0.2) is 0 Å². The number of carbonyl (C=O) groups is 1. The molecule has 0 fully saturated rings. The molecule has 0 aliphatic heterocycles. The molecule has 1 atom stereocenters. The molecule has 1 heterocycles. The minimum Gasteiger partial charge on any atom is -0.480 e. The number of aryl methyl sites for hydroxylation is 1. The van der Waals surface area contributed by atoms with Gasteiger partial charge in [0.15, 0.2) is 0 Å². The van der Waals surface area contributed by atoms with Crippen LogP contribution in [0.25, 0.3) is 10.9 Å². The molecule has 3 nitrogen and oxygen atoms in total.